The average molecular weight is 337 g/mol. The number of ether oxygens (including phenoxy) is 1. The maximum atomic E-state index is 12.4. The van der Waals surface area contributed by atoms with E-state index in [9.17, 15) is 13.2 Å². The highest BCUT2D eigenvalue weighted by Crippen LogP contribution is 2.39. The molecule has 0 spiro atoms. The summed E-state index contributed by atoms with van der Waals surface area (Å²) in [6, 6.07) is 2.65. The summed E-state index contributed by atoms with van der Waals surface area (Å²) >= 11 is 2.54. The molecule has 2 N–H and O–H groups in total. The minimum atomic E-state index is -4.72. The van der Waals surface area contributed by atoms with Gasteiger partial charge in [0.2, 0.25) is 0 Å². The van der Waals surface area contributed by atoms with Gasteiger partial charge in [0.25, 0.3) is 0 Å². The Kier molecular flexibility index (Phi) is 4.54. The molecule has 0 saturated heterocycles. The summed E-state index contributed by atoms with van der Waals surface area (Å²) in [5.74, 6) is -0.257. The van der Waals surface area contributed by atoms with Gasteiger partial charge in [-0.3, -0.25) is 4.90 Å². The highest BCUT2D eigenvalue weighted by molar-refractivity contribution is 8.00. The lowest BCUT2D eigenvalue weighted by atomic mass is 10.3. The first kappa shape index (κ1) is 16.2. The number of nitrogens with zero attached hydrogens (tertiary/aromatic N) is 2. The Morgan fingerprint density at radius 2 is 2.05 bits per heavy atom. The highest BCUT2D eigenvalue weighted by Gasteiger charge is 2.31. The largest absolute Gasteiger partial charge is 0.573 e. The molecular weight excluding hydrogens is 323 g/mol. The van der Waals surface area contributed by atoms with E-state index >= 15 is 0 Å². The van der Waals surface area contributed by atoms with Crippen LogP contribution in [0.15, 0.2) is 17.0 Å². The Bertz CT molecular complexity index is 642. The molecular formula is C12H14F3N3OS2. The number of nitrogen functional groups attached to an aromatic ring is 1. The fourth-order valence-electron chi connectivity index (χ4n) is 1.56. The molecule has 0 aliphatic carbocycles. The van der Waals surface area contributed by atoms with Crippen LogP contribution >= 0.6 is 23.1 Å². The van der Waals surface area contributed by atoms with E-state index in [4.69, 9.17) is 5.73 Å². The van der Waals surface area contributed by atoms with E-state index in [0.29, 0.717) is 20.2 Å². The zero-order valence-corrected chi connectivity index (χ0v) is 13.2. The molecule has 0 amide bonds. The predicted octanol–water partition coefficient (Wildman–Crippen LogP) is 3.78. The zero-order chi connectivity index (χ0) is 15.8. The normalized spacial score (nSPS) is 13.9. The van der Waals surface area contributed by atoms with Gasteiger partial charge in [-0.05, 0) is 27.1 Å². The van der Waals surface area contributed by atoms with E-state index in [2.05, 4.69) is 9.72 Å². The van der Waals surface area contributed by atoms with Gasteiger partial charge < -0.3 is 10.5 Å². The molecule has 21 heavy (non-hydrogen) atoms. The summed E-state index contributed by atoms with van der Waals surface area (Å²) in [5.41, 5.74) is 6.25. The number of anilines is 1. The maximum Gasteiger partial charge on any atom is 0.573 e. The summed E-state index contributed by atoms with van der Waals surface area (Å²) in [5, 5.41) is 0.380. The third-order valence-corrected chi connectivity index (χ3v) is 4.87. The predicted molar refractivity (Wildman–Crippen MR) is 79.7 cm³/mol. The fraction of sp³-hybridized carbons (Fsp3) is 0.417. The number of benzene rings is 1. The van der Waals surface area contributed by atoms with Crippen LogP contribution in [0, 0.1) is 0 Å². The van der Waals surface area contributed by atoms with Crippen LogP contribution in [0.4, 0.5) is 18.3 Å². The minimum Gasteiger partial charge on any atom is -0.406 e. The highest BCUT2D eigenvalue weighted by atomic mass is 32.2. The van der Waals surface area contributed by atoms with E-state index in [-0.39, 0.29) is 11.1 Å². The second-order valence-corrected chi connectivity index (χ2v) is 6.97. The maximum absolute atomic E-state index is 12.4. The van der Waals surface area contributed by atoms with Crippen molar-refractivity contribution in [3.8, 4) is 5.75 Å². The van der Waals surface area contributed by atoms with Gasteiger partial charge in [0, 0.05) is 11.0 Å². The first-order valence-electron chi connectivity index (χ1n) is 5.94. The van der Waals surface area contributed by atoms with Crippen LogP contribution < -0.4 is 10.5 Å². The summed E-state index contributed by atoms with van der Waals surface area (Å²) in [6.07, 6.45) is -4.72. The molecule has 1 atom stereocenters. The Morgan fingerprint density at radius 1 is 1.38 bits per heavy atom. The van der Waals surface area contributed by atoms with Crippen molar-refractivity contribution in [2.45, 2.75) is 23.6 Å². The molecule has 1 aromatic heterocycles. The van der Waals surface area contributed by atoms with Gasteiger partial charge in [-0.1, -0.05) is 11.3 Å². The lowest BCUT2D eigenvalue weighted by molar-refractivity contribution is -0.274. The average Bonchev–Trinajstić information content (AvgIpc) is 2.67. The van der Waals surface area contributed by atoms with E-state index in [1.54, 1.807) is 0 Å². The zero-order valence-electron chi connectivity index (χ0n) is 11.6. The van der Waals surface area contributed by atoms with Gasteiger partial charge in [0.05, 0.1) is 15.6 Å². The van der Waals surface area contributed by atoms with E-state index in [0.717, 1.165) is 11.3 Å². The number of rotatable bonds is 4. The van der Waals surface area contributed by atoms with Gasteiger partial charge in [0.15, 0.2) is 5.13 Å². The monoisotopic (exact) mass is 337 g/mol. The van der Waals surface area contributed by atoms with Crippen molar-refractivity contribution < 1.29 is 17.9 Å². The van der Waals surface area contributed by atoms with Crippen molar-refractivity contribution in [3.63, 3.8) is 0 Å². The summed E-state index contributed by atoms with van der Waals surface area (Å²) in [7, 11) is 3.78. The summed E-state index contributed by atoms with van der Waals surface area (Å²) < 4.78 is 41.8. The molecule has 4 nitrogen and oxygen atoms in total. The Morgan fingerprint density at radius 3 is 2.62 bits per heavy atom. The van der Waals surface area contributed by atoms with Gasteiger partial charge in [-0.2, -0.15) is 0 Å². The number of thiazole rings is 1. The smallest absolute Gasteiger partial charge is 0.406 e. The van der Waals surface area contributed by atoms with Crippen molar-refractivity contribution in [1.82, 2.24) is 9.88 Å². The van der Waals surface area contributed by atoms with Gasteiger partial charge >= 0.3 is 6.36 Å². The summed E-state index contributed by atoms with van der Waals surface area (Å²) in [6.45, 7) is 1.95. The van der Waals surface area contributed by atoms with Crippen LogP contribution in [-0.2, 0) is 0 Å². The number of aromatic nitrogens is 1. The molecule has 1 aromatic carbocycles. The van der Waals surface area contributed by atoms with Crippen molar-refractivity contribution in [2.75, 3.05) is 19.8 Å². The molecule has 0 radical (unpaired) electrons. The summed E-state index contributed by atoms with van der Waals surface area (Å²) in [4.78, 5) is 6.74. The Labute approximate surface area is 128 Å². The van der Waals surface area contributed by atoms with Crippen LogP contribution in [0.1, 0.15) is 6.92 Å². The van der Waals surface area contributed by atoms with Crippen LogP contribution in [0.25, 0.3) is 10.2 Å². The van der Waals surface area contributed by atoms with E-state index in [1.165, 1.54) is 23.9 Å². The first-order chi connectivity index (χ1) is 9.65. The number of alkyl halides is 3. The molecule has 0 aliphatic rings. The van der Waals surface area contributed by atoms with Gasteiger partial charge in [-0.15, -0.1) is 24.9 Å². The van der Waals surface area contributed by atoms with Crippen LogP contribution in [0.3, 0.4) is 0 Å². The molecule has 0 fully saturated rings. The van der Waals surface area contributed by atoms with Crippen molar-refractivity contribution >= 4 is 38.4 Å². The fourth-order valence-corrected chi connectivity index (χ4v) is 3.45. The molecule has 2 aromatic rings. The molecule has 1 heterocycles. The molecule has 0 aliphatic heterocycles. The van der Waals surface area contributed by atoms with E-state index in [1.807, 2.05) is 25.9 Å². The molecule has 116 valence electrons. The molecule has 9 heteroatoms. The third-order valence-electron chi connectivity index (χ3n) is 2.71. The van der Waals surface area contributed by atoms with Gasteiger partial charge in [0.1, 0.15) is 5.75 Å². The molecule has 0 saturated carbocycles. The lowest BCUT2D eigenvalue weighted by Gasteiger charge is -2.19. The minimum absolute atomic E-state index is 0.0669. The van der Waals surface area contributed by atoms with Crippen molar-refractivity contribution in [1.29, 1.82) is 0 Å². The van der Waals surface area contributed by atoms with Crippen LogP contribution in [0.5, 0.6) is 5.75 Å². The molecule has 1 unspecified atom stereocenters. The number of fused-ring (bicyclic) bond motifs is 1. The first-order valence-corrected chi connectivity index (χ1v) is 7.64. The van der Waals surface area contributed by atoms with Crippen LogP contribution in [-0.4, -0.2) is 35.7 Å². The second-order valence-electron chi connectivity index (χ2n) is 4.55. The van der Waals surface area contributed by atoms with Crippen LogP contribution in [0.2, 0.25) is 0 Å². The van der Waals surface area contributed by atoms with Crippen molar-refractivity contribution in [2.24, 2.45) is 0 Å². The SMILES string of the molecule is CC(Sc1cc(OC(F)(F)F)cc2sc(N)nc12)N(C)C. The Hall–Kier alpha value is -1.19. The standard InChI is InChI=1S/C12H14F3N3OS2/c1-6(18(2)3)20-8-4-7(19-12(13,14)15)5-9-10(8)17-11(16)21-9/h4-6H,1-3H3,(H2,16,17). The van der Waals surface area contributed by atoms with E-state index < -0.39 is 6.36 Å². The quantitative estimate of drug-likeness (QED) is 0.680. The van der Waals surface area contributed by atoms with Crippen molar-refractivity contribution in [3.05, 3.63) is 12.1 Å². The number of hydrogen-bond donors (Lipinski definition) is 1. The number of halogens is 3. The number of hydrogen-bond acceptors (Lipinski definition) is 6. The third kappa shape index (κ3) is 4.14. The molecule has 2 rings (SSSR count). The van der Waals surface area contributed by atoms with Gasteiger partial charge in [-0.25, -0.2) is 4.98 Å². The number of thioether (sulfide) groups is 1. The number of nitrogens with two attached hydrogens (primary N) is 1. The Balaban J connectivity index is 2.45. The molecule has 0 bridgehead atoms. The topological polar surface area (TPSA) is 51.4 Å². The second kappa shape index (κ2) is 5.90. The lowest BCUT2D eigenvalue weighted by Crippen LogP contribution is -2.21.